The number of hydrogen-bond acceptors (Lipinski definition) is 2. The quantitative estimate of drug-likeness (QED) is 0.837. The fourth-order valence-corrected chi connectivity index (χ4v) is 2.47. The normalized spacial score (nSPS) is 12.5. The van der Waals surface area contributed by atoms with Crippen molar-refractivity contribution in [3.8, 4) is 0 Å². The molecule has 0 saturated heterocycles. The Morgan fingerprint density at radius 2 is 2.11 bits per heavy atom. The van der Waals surface area contributed by atoms with E-state index in [1.54, 1.807) is 0 Å². The summed E-state index contributed by atoms with van der Waals surface area (Å²) in [7, 11) is 0. The highest BCUT2D eigenvalue weighted by atomic mass is 79.9. The second-order valence-electron chi connectivity index (χ2n) is 5.47. The van der Waals surface area contributed by atoms with Crippen LogP contribution in [0, 0.1) is 18.8 Å². The molecule has 1 amide bonds. The summed E-state index contributed by atoms with van der Waals surface area (Å²) in [5, 5.41) is 2.95. The van der Waals surface area contributed by atoms with Crippen LogP contribution >= 0.6 is 15.9 Å². The molecule has 1 atom stereocenters. The molecule has 0 heterocycles. The molecule has 3 nitrogen and oxygen atoms in total. The molecule has 0 aliphatic carbocycles. The second kappa shape index (κ2) is 7.65. The van der Waals surface area contributed by atoms with Gasteiger partial charge in [-0.1, -0.05) is 19.9 Å². The number of halogens is 1. The van der Waals surface area contributed by atoms with E-state index in [-0.39, 0.29) is 11.8 Å². The number of aryl methyl sites for hydroxylation is 1. The molecular formula is C15H23BrN2O. The maximum absolute atomic E-state index is 12.0. The van der Waals surface area contributed by atoms with Crippen molar-refractivity contribution in [3.63, 3.8) is 0 Å². The molecule has 0 aromatic heterocycles. The average molecular weight is 327 g/mol. The van der Waals surface area contributed by atoms with Crippen LogP contribution in [0.15, 0.2) is 22.7 Å². The molecule has 106 valence electrons. The third kappa shape index (κ3) is 5.74. The second-order valence-corrected chi connectivity index (χ2v) is 6.32. The van der Waals surface area contributed by atoms with Crippen LogP contribution in [-0.4, -0.2) is 12.5 Å². The van der Waals surface area contributed by atoms with E-state index >= 15 is 0 Å². The van der Waals surface area contributed by atoms with E-state index < -0.39 is 0 Å². The SMILES string of the molecule is Cc1ccc(Br)c(NC(=O)CC(CN)CC(C)C)c1. The molecule has 3 N–H and O–H groups in total. The average Bonchev–Trinajstić information content (AvgIpc) is 2.32. The fourth-order valence-electron chi connectivity index (χ4n) is 2.13. The highest BCUT2D eigenvalue weighted by Gasteiger charge is 2.15. The van der Waals surface area contributed by atoms with Gasteiger partial charge in [0.2, 0.25) is 5.91 Å². The summed E-state index contributed by atoms with van der Waals surface area (Å²) in [6.07, 6.45) is 1.47. The van der Waals surface area contributed by atoms with Gasteiger partial charge in [0.05, 0.1) is 5.69 Å². The molecule has 1 aromatic carbocycles. The number of carbonyl (C=O) groups is 1. The molecule has 1 unspecified atom stereocenters. The summed E-state index contributed by atoms with van der Waals surface area (Å²) >= 11 is 3.44. The minimum absolute atomic E-state index is 0.0300. The van der Waals surface area contributed by atoms with Crippen LogP contribution in [0.25, 0.3) is 0 Å². The molecule has 0 fully saturated rings. The first-order valence-electron chi connectivity index (χ1n) is 6.68. The van der Waals surface area contributed by atoms with Crippen molar-refractivity contribution in [2.75, 3.05) is 11.9 Å². The summed E-state index contributed by atoms with van der Waals surface area (Å²) in [4.78, 5) is 12.0. The first-order valence-corrected chi connectivity index (χ1v) is 7.47. The Morgan fingerprint density at radius 3 is 2.68 bits per heavy atom. The predicted molar refractivity (Wildman–Crippen MR) is 84.1 cm³/mol. The van der Waals surface area contributed by atoms with Gasteiger partial charge in [-0.15, -0.1) is 0 Å². The van der Waals surface area contributed by atoms with Crippen molar-refractivity contribution >= 4 is 27.5 Å². The van der Waals surface area contributed by atoms with E-state index in [4.69, 9.17) is 5.73 Å². The number of benzene rings is 1. The van der Waals surface area contributed by atoms with Crippen molar-refractivity contribution in [1.82, 2.24) is 0 Å². The van der Waals surface area contributed by atoms with Crippen molar-refractivity contribution in [1.29, 1.82) is 0 Å². The number of nitrogens with two attached hydrogens (primary N) is 1. The minimum atomic E-state index is 0.0300. The summed E-state index contributed by atoms with van der Waals surface area (Å²) in [6, 6.07) is 5.91. The van der Waals surface area contributed by atoms with Gasteiger partial charge in [-0.2, -0.15) is 0 Å². The minimum Gasteiger partial charge on any atom is -0.330 e. The zero-order chi connectivity index (χ0) is 14.4. The van der Waals surface area contributed by atoms with E-state index in [0.717, 1.165) is 22.1 Å². The lowest BCUT2D eigenvalue weighted by Crippen LogP contribution is -2.23. The summed E-state index contributed by atoms with van der Waals surface area (Å²) in [5.41, 5.74) is 7.67. The van der Waals surface area contributed by atoms with Crippen molar-refractivity contribution in [2.45, 2.75) is 33.6 Å². The third-order valence-corrected chi connectivity index (χ3v) is 3.70. The van der Waals surface area contributed by atoms with E-state index in [0.29, 0.717) is 18.9 Å². The molecule has 0 aliphatic heterocycles. The van der Waals surface area contributed by atoms with E-state index in [2.05, 4.69) is 35.1 Å². The number of amides is 1. The molecule has 19 heavy (non-hydrogen) atoms. The first-order chi connectivity index (χ1) is 8.92. The lowest BCUT2D eigenvalue weighted by molar-refractivity contribution is -0.117. The van der Waals surface area contributed by atoms with Gasteiger partial charge in [0.25, 0.3) is 0 Å². The number of anilines is 1. The van der Waals surface area contributed by atoms with Crippen molar-refractivity contribution < 1.29 is 4.79 Å². The highest BCUT2D eigenvalue weighted by molar-refractivity contribution is 9.10. The Morgan fingerprint density at radius 1 is 1.42 bits per heavy atom. The van der Waals surface area contributed by atoms with Gasteiger partial charge in [-0.3, -0.25) is 4.79 Å². The smallest absolute Gasteiger partial charge is 0.224 e. The van der Waals surface area contributed by atoms with Crippen LogP contribution in [0.3, 0.4) is 0 Å². The zero-order valence-corrected chi connectivity index (χ0v) is 13.5. The summed E-state index contributed by atoms with van der Waals surface area (Å²) in [5.74, 6) is 0.845. The topological polar surface area (TPSA) is 55.1 Å². The van der Waals surface area contributed by atoms with Crippen molar-refractivity contribution in [2.24, 2.45) is 17.6 Å². The Balaban J connectivity index is 2.61. The number of carbonyl (C=O) groups excluding carboxylic acids is 1. The molecule has 0 aliphatic rings. The standard InChI is InChI=1S/C15H23BrN2O/c1-10(2)6-12(9-17)8-15(19)18-14-7-11(3)4-5-13(14)16/h4-5,7,10,12H,6,8-9,17H2,1-3H3,(H,18,19). The predicted octanol–water partition coefficient (Wildman–Crippen LogP) is 3.71. The largest absolute Gasteiger partial charge is 0.330 e. The molecule has 0 spiro atoms. The molecule has 1 rings (SSSR count). The lowest BCUT2D eigenvalue weighted by atomic mass is 9.94. The molecule has 0 radical (unpaired) electrons. The molecule has 1 aromatic rings. The van der Waals surface area contributed by atoms with Crippen LogP contribution in [0.1, 0.15) is 32.3 Å². The van der Waals surface area contributed by atoms with Gasteiger partial charge in [0.15, 0.2) is 0 Å². The monoisotopic (exact) mass is 326 g/mol. The van der Waals surface area contributed by atoms with E-state index in [9.17, 15) is 4.79 Å². The highest BCUT2D eigenvalue weighted by Crippen LogP contribution is 2.24. The molecule has 0 bridgehead atoms. The Kier molecular flexibility index (Phi) is 6.52. The summed E-state index contributed by atoms with van der Waals surface area (Å²) < 4.78 is 0.902. The maximum atomic E-state index is 12.0. The van der Waals surface area contributed by atoms with E-state index in [1.807, 2.05) is 25.1 Å². The molecular weight excluding hydrogens is 304 g/mol. The first kappa shape index (κ1) is 16.2. The number of hydrogen-bond donors (Lipinski definition) is 2. The van der Waals surface area contributed by atoms with Gasteiger partial charge >= 0.3 is 0 Å². The van der Waals surface area contributed by atoms with Gasteiger partial charge < -0.3 is 11.1 Å². The van der Waals surface area contributed by atoms with Gasteiger partial charge in [0.1, 0.15) is 0 Å². The maximum Gasteiger partial charge on any atom is 0.224 e. The Labute approximate surface area is 124 Å². The Hall–Kier alpha value is -0.870. The van der Waals surface area contributed by atoms with Crippen LogP contribution < -0.4 is 11.1 Å². The van der Waals surface area contributed by atoms with Crippen LogP contribution in [0.2, 0.25) is 0 Å². The van der Waals surface area contributed by atoms with Crippen LogP contribution in [0.5, 0.6) is 0 Å². The van der Waals surface area contributed by atoms with Gasteiger partial charge in [-0.25, -0.2) is 0 Å². The third-order valence-electron chi connectivity index (χ3n) is 3.01. The molecule has 0 saturated carbocycles. The Bertz CT molecular complexity index is 432. The summed E-state index contributed by atoms with van der Waals surface area (Å²) in [6.45, 7) is 6.86. The fraction of sp³-hybridized carbons (Fsp3) is 0.533. The van der Waals surface area contributed by atoms with Crippen LogP contribution in [0.4, 0.5) is 5.69 Å². The van der Waals surface area contributed by atoms with Gasteiger partial charge in [-0.05, 0) is 65.4 Å². The van der Waals surface area contributed by atoms with Gasteiger partial charge in [0, 0.05) is 10.9 Å². The molecule has 4 heteroatoms. The van der Waals surface area contributed by atoms with Crippen molar-refractivity contribution in [3.05, 3.63) is 28.2 Å². The zero-order valence-electron chi connectivity index (χ0n) is 11.9. The number of nitrogens with one attached hydrogen (secondary N) is 1. The lowest BCUT2D eigenvalue weighted by Gasteiger charge is -2.17. The van der Waals surface area contributed by atoms with Crippen LogP contribution in [-0.2, 0) is 4.79 Å². The van der Waals surface area contributed by atoms with E-state index in [1.165, 1.54) is 0 Å². The number of rotatable bonds is 6.